The van der Waals surface area contributed by atoms with Gasteiger partial charge in [0.1, 0.15) is 17.2 Å². The van der Waals surface area contributed by atoms with Crippen molar-refractivity contribution in [3.63, 3.8) is 0 Å². The van der Waals surface area contributed by atoms with Crippen LogP contribution in [0.2, 0.25) is 0 Å². The Kier molecular flexibility index (Phi) is 5.90. The molecule has 0 amide bonds. The van der Waals surface area contributed by atoms with Crippen molar-refractivity contribution in [2.45, 2.75) is 19.6 Å². The third-order valence-corrected chi connectivity index (χ3v) is 5.97. The molecule has 1 N–H and O–H groups in total. The van der Waals surface area contributed by atoms with Crippen molar-refractivity contribution in [1.29, 1.82) is 0 Å². The van der Waals surface area contributed by atoms with Crippen molar-refractivity contribution in [2.24, 2.45) is 0 Å². The molecule has 4 rings (SSSR count). The smallest absolute Gasteiger partial charge is 0.127 e. The van der Waals surface area contributed by atoms with E-state index in [0.29, 0.717) is 5.75 Å². The highest BCUT2D eigenvalue weighted by Crippen LogP contribution is 2.33. The van der Waals surface area contributed by atoms with Crippen molar-refractivity contribution in [3.05, 3.63) is 103 Å². The molecule has 0 aliphatic carbocycles. The predicted octanol–water partition coefficient (Wildman–Crippen LogP) is 7.49. The van der Waals surface area contributed by atoms with Gasteiger partial charge < -0.3 is 9.84 Å². The van der Waals surface area contributed by atoms with Gasteiger partial charge >= 0.3 is 0 Å². The highest BCUT2D eigenvalue weighted by molar-refractivity contribution is 7.99. The average molecular weight is 403 g/mol. The number of benzene rings is 4. The third kappa shape index (κ3) is 5.12. The summed E-state index contributed by atoms with van der Waals surface area (Å²) in [5, 5.41) is 9.33. The number of rotatable bonds is 6. The molecule has 0 saturated carbocycles. The quantitative estimate of drug-likeness (QED) is 0.362. The van der Waals surface area contributed by atoms with E-state index >= 15 is 0 Å². The molecule has 0 saturated heterocycles. The van der Waals surface area contributed by atoms with Crippen LogP contribution in [0.4, 0.5) is 0 Å². The second-order valence-electron chi connectivity index (χ2n) is 6.06. The molecule has 0 aliphatic rings. The zero-order valence-corrected chi connectivity index (χ0v) is 16.6. The monoisotopic (exact) mass is 402 g/mol. The molecule has 4 heteroatoms. The van der Waals surface area contributed by atoms with Crippen LogP contribution in [0.5, 0.6) is 17.2 Å². The Morgan fingerprint density at radius 2 is 0.857 bits per heavy atom. The zero-order valence-electron chi connectivity index (χ0n) is 15.0. The zero-order chi connectivity index (χ0) is 19.2. The number of phenolic OH excluding ortho intramolecular Hbond substituents is 1. The van der Waals surface area contributed by atoms with Crippen LogP contribution < -0.4 is 4.74 Å². The maximum atomic E-state index is 9.33. The van der Waals surface area contributed by atoms with Gasteiger partial charge in [-0.1, -0.05) is 41.7 Å². The topological polar surface area (TPSA) is 29.5 Å². The highest BCUT2D eigenvalue weighted by atomic mass is 32.2. The summed E-state index contributed by atoms with van der Waals surface area (Å²) < 4.78 is 5.79. The first-order valence-electron chi connectivity index (χ1n) is 8.82. The lowest BCUT2D eigenvalue weighted by atomic mass is 10.3. The van der Waals surface area contributed by atoms with E-state index in [0.717, 1.165) is 10.6 Å². The van der Waals surface area contributed by atoms with Crippen molar-refractivity contribution < 1.29 is 9.84 Å². The summed E-state index contributed by atoms with van der Waals surface area (Å²) in [6.07, 6.45) is 0. The number of hydrogen-bond donors (Lipinski definition) is 1. The van der Waals surface area contributed by atoms with Crippen LogP contribution in [0.3, 0.4) is 0 Å². The Hall–Kier alpha value is -2.82. The fraction of sp³-hybridized carbons (Fsp3) is 0. The molecule has 138 valence electrons. The fourth-order valence-electron chi connectivity index (χ4n) is 2.56. The molecule has 4 aromatic rings. The number of phenols is 1. The molecule has 0 unspecified atom stereocenters. The Morgan fingerprint density at radius 1 is 0.464 bits per heavy atom. The van der Waals surface area contributed by atoms with E-state index in [1.165, 1.54) is 14.7 Å². The van der Waals surface area contributed by atoms with Gasteiger partial charge in [-0.05, 0) is 84.9 Å². The SMILES string of the molecule is Oc1ccc(Oc2ccc(Sc3ccc(Sc4ccccc4)cc3)cc2)cc1. The van der Waals surface area contributed by atoms with Crippen molar-refractivity contribution in [2.75, 3.05) is 0 Å². The number of hydrogen-bond acceptors (Lipinski definition) is 4. The van der Waals surface area contributed by atoms with Gasteiger partial charge in [-0.2, -0.15) is 0 Å². The van der Waals surface area contributed by atoms with E-state index in [1.54, 1.807) is 47.8 Å². The maximum absolute atomic E-state index is 9.33. The fourth-order valence-corrected chi connectivity index (χ4v) is 4.22. The van der Waals surface area contributed by atoms with Gasteiger partial charge in [0.15, 0.2) is 0 Å². The summed E-state index contributed by atoms with van der Waals surface area (Å²) in [7, 11) is 0. The normalized spacial score (nSPS) is 10.6. The Labute approximate surface area is 173 Å². The molecule has 4 aromatic carbocycles. The second-order valence-corrected chi connectivity index (χ2v) is 8.35. The molecular formula is C24H18O2S2. The van der Waals surface area contributed by atoms with Crippen molar-refractivity contribution in [1.82, 2.24) is 0 Å². The summed E-state index contributed by atoms with van der Waals surface area (Å²) in [5.41, 5.74) is 0. The van der Waals surface area contributed by atoms with E-state index in [1.807, 2.05) is 30.3 Å². The summed E-state index contributed by atoms with van der Waals surface area (Å²) >= 11 is 3.49. The molecule has 0 aliphatic heterocycles. The molecule has 28 heavy (non-hydrogen) atoms. The first-order valence-corrected chi connectivity index (χ1v) is 10.5. The average Bonchev–Trinajstić information content (AvgIpc) is 2.73. The molecule has 0 spiro atoms. The van der Waals surface area contributed by atoms with Crippen LogP contribution in [0.25, 0.3) is 0 Å². The van der Waals surface area contributed by atoms with E-state index in [-0.39, 0.29) is 5.75 Å². The Bertz CT molecular complexity index is 1010. The molecule has 0 aromatic heterocycles. The standard InChI is InChI=1S/C24H18O2S2/c25-18-6-8-19(9-7-18)26-20-10-12-22(13-11-20)28-24-16-14-23(15-17-24)27-21-4-2-1-3-5-21/h1-17,25H. The summed E-state index contributed by atoms with van der Waals surface area (Å²) in [5.74, 6) is 1.70. The second kappa shape index (κ2) is 8.91. The first-order chi connectivity index (χ1) is 13.7. The van der Waals surface area contributed by atoms with Gasteiger partial charge in [-0.3, -0.25) is 0 Å². The molecule has 2 nitrogen and oxygen atoms in total. The molecular weight excluding hydrogens is 384 g/mol. The van der Waals surface area contributed by atoms with Gasteiger partial charge in [-0.25, -0.2) is 0 Å². The Morgan fingerprint density at radius 3 is 1.36 bits per heavy atom. The van der Waals surface area contributed by atoms with Crippen LogP contribution >= 0.6 is 23.5 Å². The van der Waals surface area contributed by atoms with Gasteiger partial charge in [0.05, 0.1) is 0 Å². The predicted molar refractivity (Wildman–Crippen MR) is 116 cm³/mol. The van der Waals surface area contributed by atoms with Crippen LogP contribution in [0.1, 0.15) is 0 Å². The lowest BCUT2D eigenvalue weighted by Crippen LogP contribution is -1.83. The van der Waals surface area contributed by atoms with Crippen LogP contribution in [-0.4, -0.2) is 5.11 Å². The highest BCUT2D eigenvalue weighted by Gasteiger charge is 2.02. The Balaban J connectivity index is 1.36. The third-order valence-electron chi connectivity index (χ3n) is 3.93. The maximum Gasteiger partial charge on any atom is 0.127 e. The summed E-state index contributed by atoms with van der Waals surface area (Å²) in [6.45, 7) is 0. The lowest BCUT2D eigenvalue weighted by Gasteiger charge is -2.07. The largest absolute Gasteiger partial charge is 0.508 e. The van der Waals surface area contributed by atoms with Crippen LogP contribution in [0.15, 0.2) is 123 Å². The minimum absolute atomic E-state index is 0.229. The molecule has 0 radical (unpaired) electrons. The molecule has 0 atom stereocenters. The van der Waals surface area contributed by atoms with Gasteiger partial charge in [0.25, 0.3) is 0 Å². The molecule has 0 heterocycles. The van der Waals surface area contributed by atoms with E-state index < -0.39 is 0 Å². The van der Waals surface area contributed by atoms with Crippen molar-refractivity contribution in [3.8, 4) is 17.2 Å². The van der Waals surface area contributed by atoms with Crippen LogP contribution in [-0.2, 0) is 0 Å². The summed E-state index contributed by atoms with van der Waals surface area (Å²) in [4.78, 5) is 4.83. The van der Waals surface area contributed by atoms with Crippen molar-refractivity contribution >= 4 is 23.5 Å². The summed E-state index contributed by atoms with van der Waals surface area (Å²) in [6, 6.07) is 33.7. The van der Waals surface area contributed by atoms with Gasteiger partial charge in [0.2, 0.25) is 0 Å². The van der Waals surface area contributed by atoms with Gasteiger partial charge in [-0.15, -0.1) is 0 Å². The van der Waals surface area contributed by atoms with E-state index in [4.69, 9.17) is 4.74 Å². The molecule has 0 bridgehead atoms. The van der Waals surface area contributed by atoms with E-state index in [9.17, 15) is 5.11 Å². The lowest BCUT2D eigenvalue weighted by molar-refractivity contribution is 0.464. The minimum Gasteiger partial charge on any atom is -0.508 e. The number of aromatic hydroxyl groups is 1. The number of ether oxygens (including phenoxy) is 1. The minimum atomic E-state index is 0.229. The van der Waals surface area contributed by atoms with Gasteiger partial charge in [0, 0.05) is 19.6 Å². The molecule has 0 fully saturated rings. The van der Waals surface area contributed by atoms with E-state index in [2.05, 4.69) is 48.5 Å². The van der Waals surface area contributed by atoms with Crippen LogP contribution in [0, 0.1) is 0 Å². The first kappa shape index (κ1) is 18.5.